The number of H-pyrrole nitrogens is 1. The van der Waals surface area contributed by atoms with Crippen LogP contribution < -0.4 is 0 Å². The van der Waals surface area contributed by atoms with Crippen molar-refractivity contribution < 1.29 is 0 Å². The van der Waals surface area contributed by atoms with Crippen molar-refractivity contribution >= 4 is 27.3 Å². The number of hydrogen-bond donors (Lipinski definition) is 1. The molecular formula is C19H13N3. The summed E-state index contributed by atoms with van der Waals surface area (Å²) in [6.07, 6.45) is 1.93. The van der Waals surface area contributed by atoms with Gasteiger partial charge >= 0.3 is 0 Å². The van der Waals surface area contributed by atoms with E-state index < -0.39 is 0 Å². The summed E-state index contributed by atoms with van der Waals surface area (Å²) in [6.45, 7) is 0. The molecule has 0 aliphatic rings. The van der Waals surface area contributed by atoms with Crippen LogP contribution in [0.5, 0.6) is 0 Å². The number of fused-ring (bicyclic) bond motifs is 5. The average molecular weight is 283 g/mol. The lowest BCUT2D eigenvalue weighted by Gasteiger charge is -2.08. The van der Waals surface area contributed by atoms with Crippen molar-refractivity contribution in [3.63, 3.8) is 0 Å². The first kappa shape index (κ1) is 11.6. The number of para-hydroxylation sites is 2. The molecule has 3 heteroatoms. The van der Waals surface area contributed by atoms with E-state index in [0.717, 1.165) is 17.0 Å². The van der Waals surface area contributed by atoms with E-state index in [1.165, 1.54) is 21.8 Å². The van der Waals surface area contributed by atoms with Crippen molar-refractivity contribution in [2.75, 3.05) is 0 Å². The van der Waals surface area contributed by atoms with E-state index in [1.54, 1.807) is 0 Å². The Morgan fingerprint density at radius 1 is 0.818 bits per heavy atom. The average Bonchev–Trinajstić information content (AvgIpc) is 3.22. The van der Waals surface area contributed by atoms with Gasteiger partial charge in [-0.2, -0.15) is 0 Å². The van der Waals surface area contributed by atoms with E-state index in [1.807, 2.05) is 18.3 Å². The number of nitrogens with one attached hydrogen (secondary N) is 1. The molecule has 22 heavy (non-hydrogen) atoms. The van der Waals surface area contributed by atoms with Crippen molar-refractivity contribution in [3.05, 3.63) is 72.9 Å². The minimum atomic E-state index is 0.944. The first-order valence-electron chi connectivity index (χ1n) is 7.34. The number of aromatic amines is 1. The van der Waals surface area contributed by atoms with Crippen LogP contribution in [0.4, 0.5) is 0 Å². The monoisotopic (exact) mass is 283 g/mol. The zero-order valence-electron chi connectivity index (χ0n) is 11.8. The van der Waals surface area contributed by atoms with Gasteiger partial charge in [0.25, 0.3) is 0 Å². The molecule has 5 aromatic rings. The van der Waals surface area contributed by atoms with Gasteiger partial charge in [-0.05, 0) is 30.3 Å². The highest BCUT2D eigenvalue weighted by Crippen LogP contribution is 2.30. The second-order valence-electron chi connectivity index (χ2n) is 5.46. The normalized spacial score (nSPS) is 11.6. The van der Waals surface area contributed by atoms with E-state index in [9.17, 15) is 0 Å². The Bertz CT molecular complexity index is 1120. The van der Waals surface area contributed by atoms with Crippen LogP contribution in [-0.2, 0) is 0 Å². The maximum absolute atomic E-state index is 4.90. The van der Waals surface area contributed by atoms with Crippen molar-refractivity contribution in [3.8, 4) is 11.5 Å². The third-order valence-corrected chi connectivity index (χ3v) is 4.17. The van der Waals surface area contributed by atoms with Gasteiger partial charge in [-0.15, -0.1) is 0 Å². The van der Waals surface area contributed by atoms with E-state index >= 15 is 0 Å². The molecule has 0 radical (unpaired) electrons. The highest BCUT2D eigenvalue weighted by Gasteiger charge is 2.13. The molecule has 0 saturated carbocycles. The van der Waals surface area contributed by atoms with E-state index in [-0.39, 0.29) is 0 Å². The standard InChI is InChI=1S/C19H13N3/c1-4-10-17-13(6-1)12-18-14-7-2-3-8-15(14)21-19(22(17)18)16-9-5-11-20-16/h1-12,20H. The van der Waals surface area contributed by atoms with Crippen LogP contribution in [0.25, 0.3) is 38.8 Å². The predicted octanol–water partition coefficient (Wildman–Crippen LogP) is 4.64. The Morgan fingerprint density at radius 3 is 2.59 bits per heavy atom. The Morgan fingerprint density at radius 2 is 1.68 bits per heavy atom. The lowest BCUT2D eigenvalue weighted by molar-refractivity contribution is 1.15. The number of aromatic nitrogens is 3. The molecule has 0 unspecified atom stereocenters. The van der Waals surface area contributed by atoms with Crippen LogP contribution in [0.1, 0.15) is 0 Å². The first-order chi connectivity index (χ1) is 10.9. The molecule has 0 aliphatic carbocycles. The van der Waals surface area contributed by atoms with Crippen LogP contribution in [-0.4, -0.2) is 14.4 Å². The van der Waals surface area contributed by atoms with Gasteiger partial charge in [-0.3, -0.25) is 4.40 Å². The third kappa shape index (κ3) is 1.48. The topological polar surface area (TPSA) is 33.1 Å². The zero-order valence-corrected chi connectivity index (χ0v) is 11.8. The SMILES string of the molecule is c1c[nH]c(-c2nc3ccccc3c3cc4ccccc4n23)c1. The second-order valence-corrected chi connectivity index (χ2v) is 5.46. The van der Waals surface area contributed by atoms with Gasteiger partial charge in [-0.1, -0.05) is 36.4 Å². The van der Waals surface area contributed by atoms with E-state index in [0.29, 0.717) is 0 Å². The van der Waals surface area contributed by atoms with Gasteiger partial charge in [0.05, 0.1) is 22.2 Å². The van der Waals surface area contributed by atoms with Gasteiger partial charge in [0, 0.05) is 17.0 Å². The van der Waals surface area contributed by atoms with Gasteiger partial charge in [0.2, 0.25) is 0 Å². The van der Waals surface area contributed by atoms with Crippen molar-refractivity contribution in [2.45, 2.75) is 0 Å². The highest BCUT2D eigenvalue weighted by molar-refractivity contribution is 6.02. The van der Waals surface area contributed by atoms with Crippen LogP contribution in [0.2, 0.25) is 0 Å². The van der Waals surface area contributed by atoms with Crippen LogP contribution in [0.15, 0.2) is 72.9 Å². The molecule has 0 atom stereocenters. The Balaban J connectivity index is 2.09. The fraction of sp³-hybridized carbons (Fsp3) is 0. The molecule has 0 aliphatic heterocycles. The summed E-state index contributed by atoms with van der Waals surface area (Å²) >= 11 is 0. The van der Waals surface area contributed by atoms with Crippen LogP contribution >= 0.6 is 0 Å². The number of hydrogen-bond acceptors (Lipinski definition) is 1. The minimum Gasteiger partial charge on any atom is -0.359 e. The molecule has 3 nitrogen and oxygen atoms in total. The van der Waals surface area contributed by atoms with Gasteiger partial charge in [-0.25, -0.2) is 4.98 Å². The zero-order chi connectivity index (χ0) is 14.5. The molecule has 3 heterocycles. The fourth-order valence-electron chi connectivity index (χ4n) is 3.18. The van der Waals surface area contributed by atoms with Crippen LogP contribution in [0, 0.1) is 0 Å². The van der Waals surface area contributed by atoms with E-state index in [2.05, 4.69) is 64.0 Å². The minimum absolute atomic E-state index is 0.944. The summed E-state index contributed by atoms with van der Waals surface area (Å²) in [4.78, 5) is 8.18. The molecule has 0 fully saturated rings. The maximum atomic E-state index is 4.90. The predicted molar refractivity (Wildman–Crippen MR) is 90.0 cm³/mol. The summed E-state index contributed by atoms with van der Waals surface area (Å²) in [6, 6.07) is 23.0. The van der Waals surface area contributed by atoms with Gasteiger partial charge < -0.3 is 4.98 Å². The quantitative estimate of drug-likeness (QED) is 0.478. The number of rotatable bonds is 1. The summed E-state index contributed by atoms with van der Waals surface area (Å²) < 4.78 is 2.24. The summed E-state index contributed by atoms with van der Waals surface area (Å²) in [5.41, 5.74) is 4.41. The van der Waals surface area contributed by atoms with Crippen LogP contribution in [0.3, 0.4) is 0 Å². The molecule has 0 saturated heterocycles. The molecule has 5 rings (SSSR count). The molecule has 0 amide bonds. The maximum Gasteiger partial charge on any atom is 0.162 e. The smallest absolute Gasteiger partial charge is 0.162 e. The summed E-state index contributed by atoms with van der Waals surface area (Å²) in [5, 5.41) is 2.41. The molecule has 104 valence electrons. The molecular weight excluding hydrogens is 270 g/mol. The van der Waals surface area contributed by atoms with Gasteiger partial charge in [0.1, 0.15) is 0 Å². The largest absolute Gasteiger partial charge is 0.359 e. The number of nitrogens with zero attached hydrogens (tertiary/aromatic N) is 2. The van der Waals surface area contributed by atoms with E-state index in [4.69, 9.17) is 4.98 Å². The molecule has 0 bridgehead atoms. The lowest BCUT2D eigenvalue weighted by atomic mass is 10.2. The third-order valence-electron chi connectivity index (χ3n) is 4.17. The lowest BCUT2D eigenvalue weighted by Crippen LogP contribution is -1.97. The van der Waals surface area contributed by atoms with Crippen molar-refractivity contribution in [1.29, 1.82) is 0 Å². The molecule has 1 N–H and O–H groups in total. The Labute approximate surface area is 126 Å². The second kappa shape index (κ2) is 4.21. The Hall–Kier alpha value is -3.07. The van der Waals surface area contributed by atoms with Gasteiger partial charge in [0.15, 0.2) is 5.82 Å². The Kier molecular flexibility index (Phi) is 2.22. The number of benzene rings is 2. The molecule has 3 aromatic heterocycles. The molecule has 2 aromatic carbocycles. The highest BCUT2D eigenvalue weighted by atomic mass is 15.0. The fourth-order valence-corrected chi connectivity index (χ4v) is 3.18. The molecule has 0 spiro atoms. The summed E-state index contributed by atoms with van der Waals surface area (Å²) in [5.74, 6) is 0.944. The summed E-state index contributed by atoms with van der Waals surface area (Å²) in [7, 11) is 0. The van der Waals surface area contributed by atoms with Crippen molar-refractivity contribution in [1.82, 2.24) is 14.4 Å². The first-order valence-corrected chi connectivity index (χ1v) is 7.34. The van der Waals surface area contributed by atoms with Crippen molar-refractivity contribution in [2.24, 2.45) is 0 Å².